The van der Waals surface area contributed by atoms with Crippen molar-refractivity contribution < 1.29 is 17.9 Å². The molecule has 0 aromatic heterocycles. The third-order valence-electron chi connectivity index (χ3n) is 3.47. The molecular formula is C18H18F3NO. The minimum atomic E-state index is -2.56. The number of alkyl halides is 2. The molecule has 0 atom stereocenters. The molecule has 1 aliphatic heterocycles. The van der Waals surface area contributed by atoms with Gasteiger partial charge in [0.1, 0.15) is 18.2 Å². The topological polar surface area (TPSA) is 12.5 Å². The van der Waals surface area contributed by atoms with Crippen molar-refractivity contribution in [1.82, 2.24) is 4.90 Å². The van der Waals surface area contributed by atoms with Crippen LogP contribution in [0.1, 0.15) is 12.5 Å². The fourth-order valence-electron chi connectivity index (χ4n) is 2.28. The standard InChI is InChI=1S/C18H18F3NO/c1-4-9-23-14-6-7-15(16(19)10-14)17-8-5-12(2)13(3)22(17)11-18(20)21/h4-8,10,18H,1,3,9,11H2,2H3. The van der Waals surface area contributed by atoms with E-state index in [1.165, 1.54) is 17.0 Å². The van der Waals surface area contributed by atoms with Gasteiger partial charge in [0, 0.05) is 17.3 Å². The molecule has 0 spiro atoms. The number of rotatable bonds is 6. The fraction of sp³-hybridized carbons (Fsp3) is 0.222. The van der Waals surface area contributed by atoms with Crippen LogP contribution in [0.15, 0.2) is 60.9 Å². The van der Waals surface area contributed by atoms with Crippen molar-refractivity contribution in [3.05, 3.63) is 72.2 Å². The van der Waals surface area contributed by atoms with Gasteiger partial charge < -0.3 is 9.64 Å². The second-order valence-electron chi connectivity index (χ2n) is 5.09. The SMILES string of the molecule is C=CCOc1ccc(C2=CC=C(C)C(=C)N2CC(F)F)c(F)c1. The van der Waals surface area contributed by atoms with E-state index in [4.69, 9.17) is 4.74 Å². The lowest BCUT2D eigenvalue weighted by Gasteiger charge is -2.32. The Labute approximate surface area is 133 Å². The van der Waals surface area contributed by atoms with Crippen LogP contribution in [0.4, 0.5) is 13.2 Å². The summed E-state index contributed by atoms with van der Waals surface area (Å²) in [5.41, 5.74) is 1.78. The molecule has 1 heterocycles. The Kier molecular flexibility index (Phi) is 5.32. The molecule has 5 heteroatoms. The van der Waals surface area contributed by atoms with E-state index in [1.54, 1.807) is 31.2 Å². The van der Waals surface area contributed by atoms with Gasteiger partial charge in [-0.25, -0.2) is 13.2 Å². The van der Waals surface area contributed by atoms with Crippen molar-refractivity contribution in [2.45, 2.75) is 13.3 Å². The van der Waals surface area contributed by atoms with E-state index < -0.39 is 18.8 Å². The summed E-state index contributed by atoms with van der Waals surface area (Å²) in [5, 5.41) is 0. The molecule has 1 aliphatic rings. The molecule has 23 heavy (non-hydrogen) atoms. The van der Waals surface area contributed by atoms with Crippen molar-refractivity contribution in [1.29, 1.82) is 0 Å². The summed E-state index contributed by atoms with van der Waals surface area (Å²) in [7, 11) is 0. The number of hydrogen-bond acceptors (Lipinski definition) is 2. The van der Waals surface area contributed by atoms with E-state index in [2.05, 4.69) is 13.2 Å². The fourth-order valence-corrected chi connectivity index (χ4v) is 2.28. The van der Waals surface area contributed by atoms with Crippen molar-refractivity contribution in [2.24, 2.45) is 0 Å². The maximum Gasteiger partial charge on any atom is 0.256 e. The molecule has 0 saturated heterocycles. The van der Waals surface area contributed by atoms with Crippen molar-refractivity contribution >= 4 is 5.70 Å². The Balaban J connectivity index is 2.37. The first-order chi connectivity index (χ1) is 10.9. The zero-order valence-corrected chi connectivity index (χ0v) is 12.9. The van der Waals surface area contributed by atoms with Crippen molar-refractivity contribution in [3.8, 4) is 5.75 Å². The Bertz CT molecular complexity index is 677. The molecule has 0 N–H and O–H groups in total. The molecule has 0 aliphatic carbocycles. The van der Waals surface area contributed by atoms with Crippen LogP contribution >= 0.6 is 0 Å². The third kappa shape index (κ3) is 3.86. The van der Waals surface area contributed by atoms with Crippen LogP contribution in [-0.4, -0.2) is 24.5 Å². The Hall–Kier alpha value is -2.43. The minimum Gasteiger partial charge on any atom is -0.489 e. The van der Waals surface area contributed by atoms with Gasteiger partial charge >= 0.3 is 0 Å². The zero-order valence-electron chi connectivity index (χ0n) is 12.9. The van der Waals surface area contributed by atoms with Gasteiger partial charge in [0.15, 0.2) is 0 Å². The molecule has 1 aromatic carbocycles. The van der Waals surface area contributed by atoms with Gasteiger partial charge in [-0.05, 0) is 30.7 Å². The summed E-state index contributed by atoms with van der Waals surface area (Å²) in [6.45, 7) is 8.84. The molecule has 0 amide bonds. The highest BCUT2D eigenvalue weighted by atomic mass is 19.3. The lowest BCUT2D eigenvalue weighted by molar-refractivity contribution is 0.123. The van der Waals surface area contributed by atoms with Crippen molar-refractivity contribution in [3.63, 3.8) is 0 Å². The smallest absolute Gasteiger partial charge is 0.256 e. The average molecular weight is 321 g/mol. The van der Waals surface area contributed by atoms with E-state index in [0.29, 0.717) is 17.1 Å². The number of nitrogens with zero attached hydrogens (tertiary/aromatic N) is 1. The van der Waals surface area contributed by atoms with Gasteiger partial charge in [-0.1, -0.05) is 25.3 Å². The number of allylic oxidation sites excluding steroid dienone is 3. The number of hydrogen-bond donors (Lipinski definition) is 0. The maximum atomic E-state index is 14.4. The minimum absolute atomic E-state index is 0.224. The summed E-state index contributed by atoms with van der Waals surface area (Å²) in [6, 6.07) is 4.34. The second kappa shape index (κ2) is 7.22. The number of benzene rings is 1. The first-order valence-electron chi connectivity index (χ1n) is 7.11. The second-order valence-corrected chi connectivity index (χ2v) is 5.09. The molecule has 122 valence electrons. The van der Waals surface area contributed by atoms with E-state index in [1.807, 2.05) is 0 Å². The number of halogens is 3. The lowest BCUT2D eigenvalue weighted by atomic mass is 10.0. The van der Waals surface area contributed by atoms with E-state index in [-0.39, 0.29) is 12.2 Å². The van der Waals surface area contributed by atoms with Crippen LogP contribution in [0.5, 0.6) is 5.75 Å². The van der Waals surface area contributed by atoms with Crippen LogP contribution in [0.2, 0.25) is 0 Å². The molecule has 0 bridgehead atoms. The predicted molar refractivity (Wildman–Crippen MR) is 85.7 cm³/mol. The Morgan fingerprint density at radius 2 is 2.04 bits per heavy atom. The first kappa shape index (κ1) is 16.9. The van der Waals surface area contributed by atoms with Gasteiger partial charge in [-0.2, -0.15) is 0 Å². The molecule has 1 aromatic rings. The molecule has 0 fully saturated rings. The quantitative estimate of drug-likeness (QED) is 0.700. The maximum absolute atomic E-state index is 14.4. The molecule has 2 rings (SSSR count). The summed E-state index contributed by atoms with van der Waals surface area (Å²) < 4.78 is 45.4. The summed E-state index contributed by atoms with van der Waals surface area (Å²) in [4.78, 5) is 1.34. The van der Waals surface area contributed by atoms with Crippen LogP contribution in [0.3, 0.4) is 0 Å². The zero-order chi connectivity index (χ0) is 17.0. The van der Waals surface area contributed by atoms with Crippen LogP contribution in [-0.2, 0) is 0 Å². The van der Waals surface area contributed by atoms with E-state index >= 15 is 0 Å². The normalized spacial score (nSPS) is 14.7. The van der Waals surface area contributed by atoms with Gasteiger partial charge in [0.25, 0.3) is 6.43 Å². The monoisotopic (exact) mass is 321 g/mol. The molecule has 0 unspecified atom stereocenters. The van der Waals surface area contributed by atoms with Gasteiger partial charge in [-0.3, -0.25) is 0 Å². The highest BCUT2D eigenvalue weighted by molar-refractivity contribution is 5.71. The molecular weight excluding hydrogens is 303 g/mol. The summed E-state index contributed by atoms with van der Waals surface area (Å²) in [6.07, 6.45) is 2.35. The average Bonchev–Trinajstić information content (AvgIpc) is 2.50. The van der Waals surface area contributed by atoms with Gasteiger partial charge in [0.05, 0.1) is 12.2 Å². The van der Waals surface area contributed by atoms with E-state index in [0.717, 1.165) is 5.57 Å². The summed E-state index contributed by atoms with van der Waals surface area (Å²) in [5.74, 6) is -0.189. The summed E-state index contributed by atoms with van der Waals surface area (Å²) >= 11 is 0. The molecule has 2 nitrogen and oxygen atoms in total. The predicted octanol–water partition coefficient (Wildman–Crippen LogP) is 4.77. The molecule has 0 radical (unpaired) electrons. The highest BCUT2D eigenvalue weighted by Gasteiger charge is 2.24. The Morgan fingerprint density at radius 3 is 2.65 bits per heavy atom. The van der Waals surface area contributed by atoms with E-state index in [9.17, 15) is 13.2 Å². The van der Waals surface area contributed by atoms with Gasteiger partial charge in [0.2, 0.25) is 0 Å². The largest absolute Gasteiger partial charge is 0.489 e. The highest BCUT2D eigenvalue weighted by Crippen LogP contribution is 2.33. The van der Waals surface area contributed by atoms with Crippen molar-refractivity contribution in [2.75, 3.05) is 13.2 Å². The molecule has 0 saturated carbocycles. The lowest BCUT2D eigenvalue weighted by Crippen LogP contribution is -2.29. The van der Waals surface area contributed by atoms with Crippen LogP contribution in [0.25, 0.3) is 5.70 Å². The van der Waals surface area contributed by atoms with Crippen LogP contribution < -0.4 is 4.74 Å². The Morgan fingerprint density at radius 1 is 1.30 bits per heavy atom. The first-order valence-corrected chi connectivity index (χ1v) is 7.11. The third-order valence-corrected chi connectivity index (χ3v) is 3.47. The van der Waals surface area contributed by atoms with Crippen LogP contribution in [0, 0.1) is 5.82 Å². The number of ether oxygens (including phenoxy) is 1. The van der Waals surface area contributed by atoms with Gasteiger partial charge in [-0.15, -0.1) is 0 Å².